The Hall–Kier alpha value is -2.21. The number of rotatable bonds is 5. The number of hydrogen-bond acceptors (Lipinski definition) is 5. The van der Waals surface area contributed by atoms with E-state index in [1.807, 2.05) is 0 Å². The molecule has 0 bridgehead atoms. The van der Waals surface area contributed by atoms with E-state index < -0.39 is 5.97 Å². The number of hydrogen-bond donors (Lipinski definition) is 1. The third-order valence-corrected chi connectivity index (χ3v) is 4.00. The van der Waals surface area contributed by atoms with E-state index in [1.54, 1.807) is 18.2 Å². The van der Waals surface area contributed by atoms with Crippen LogP contribution in [0.15, 0.2) is 23.0 Å². The van der Waals surface area contributed by atoms with Gasteiger partial charge in [-0.2, -0.15) is 0 Å². The average molecular weight is 301 g/mol. The zero-order chi connectivity index (χ0) is 15.7. The van der Waals surface area contributed by atoms with Gasteiger partial charge in [0.15, 0.2) is 0 Å². The predicted molar refractivity (Wildman–Crippen MR) is 82.8 cm³/mol. The van der Waals surface area contributed by atoms with Crippen molar-refractivity contribution in [3.63, 3.8) is 0 Å². The summed E-state index contributed by atoms with van der Waals surface area (Å²) in [7, 11) is 1.33. The topological polar surface area (TPSA) is 75.3 Å². The lowest BCUT2D eigenvalue weighted by Crippen LogP contribution is -2.27. The second kappa shape index (κ2) is 5.88. The third kappa shape index (κ3) is 2.87. The molecule has 0 aliphatic heterocycles. The number of carbonyl (C=O) groups is 1. The van der Waals surface area contributed by atoms with Crippen molar-refractivity contribution in [2.24, 2.45) is 0 Å². The molecule has 1 aliphatic carbocycles. The molecule has 0 unspecified atom stereocenters. The van der Waals surface area contributed by atoms with Gasteiger partial charge >= 0.3 is 5.97 Å². The van der Waals surface area contributed by atoms with Gasteiger partial charge in [0.1, 0.15) is 5.82 Å². The van der Waals surface area contributed by atoms with Crippen molar-refractivity contribution < 1.29 is 9.53 Å². The number of aromatic nitrogens is 2. The Morgan fingerprint density at radius 3 is 2.86 bits per heavy atom. The van der Waals surface area contributed by atoms with Crippen LogP contribution in [0.1, 0.15) is 35.9 Å². The van der Waals surface area contributed by atoms with E-state index in [2.05, 4.69) is 21.8 Å². The van der Waals surface area contributed by atoms with Crippen LogP contribution in [-0.4, -0.2) is 40.5 Å². The second-order valence-corrected chi connectivity index (χ2v) is 5.53. The summed E-state index contributed by atoms with van der Waals surface area (Å²) in [5, 5.41) is 0.478. The molecule has 2 aromatic rings. The summed E-state index contributed by atoms with van der Waals surface area (Å²) in [6, 6.07) is 5.39. The van der Waals surface area contributed by atoms with Crippen molar-refractivity contribution in [3.05, 3.63) is 39.9 Å². The third-order valence-electron chi connectivity index (χ3n) is 4.00. The van der Waals surface area contributed by atoms with Gasteiger partial charge in [-0.1, -0.05) is 6.92 Å². The van der Waals surface area contributed by atoms with Crippen molar-refractivity contribution in [2.75, 3.05) is 13.7 Å². The number of nitrogens with zero attached hydrogens (tertiary/aromatic N) is 2. The van der Waals surface area contributed by atoms with Crippen LogP contribution >= 0.6 is 0 Å². The summed E-state index contributed by atoms with van der Waals surface area (Å²) < 4.78 is 4.71. The van der Waals surface area contributed by atoms with Crippen LogP contribution < -0.4 is 5.56 Å². The molecule has 1 aromatic heterocycles. The lowest BCUT2D eigenvalue weighted by Gasteiger charge is -2.18. The van der Waals surface area contributed by atoms with Gasteiger partial charge < -0.3 is 9.72 Å². The minimum atomic E-state index is -0.432. The summed E-state index contributed by atoms with van der Waals surface area (Å²) in [4.78, 5) is 33.4. The number of methoxy groups -OCH3 is 1. The molecule has 3 rings (SSSR count). The molecule has 1 fully saturated rings. The summed E-state index contributed by atoms with van der Waals surface area (Å²) in [5.74, 6) is 0.201. The van der Waals surface area contributed by atoms with E-state index >= 15 is 0 Å². The number of H-pyrrole nitrogens is 1. The number of nitrogens with one attached hydrogen (secondary N) is 1. The van der Waals surface area contributed by atoms with E-state index in [0.717, 1.165) is 6.54 Å². The number of fused-ring (bicyclic) bond motifs is 1. The number of aromatic amines is 1. The highest BCUT2D eigenvalue weighted by atomic mass is 16.5. The number of ether oxygens (including phenoxy) is 1. The van der Waals surface area contributed by atoms with Crippen molar-refractivity contribution in [2.45, 2.75) is 32.4 Å². The largest absolute Gasteiger partial charge is 0.465 e. The van der Waals surface area contributed by atoms with Gasteiger partial charge in [-0.15, -0.1) is 0 Å². The molecule has 6 nitrogen and oxygen atoms in total. The van der Waals surface area contributed by atoms with Gasteiger partial charge in [0.05, 0.1) is 30.1 Å². The van der Waals surface area contributed by atoms with Crippen LogP contribution in [0.2, 0.25) is 0 Å². The van der Waals surface area contributed by atoms with E-state index in [9.17, 15) is 9.59 Å². The molecule has 1 aliphatic rings. The minimum absolute atomic E-state index is 0.178. The predicted octanol–water partition coefficient (Wildman–Crippen LogP) is 1.69. The lowest BCUT2D eigenvalue weighted by molar-refractivity contribution is 0.0601. The molecule has 0 saturated heterocycles. The van der Waals surface area contributed by atoms with E-state index in [0.29, 0.717) is 34.9 Å². The highest BCUT2D eigenvalue weighted by molar-refractivity contribution is 5.93. The Morgan fingerprint density at radius 1 is 1.45 bits per heavy atom. The first kappa shape index (κ1) is 14.7. The van der Waals surface area contributed by atoms with Gasteiger partial charge in [0.25, 0.3) is 5.56 Å². The number of benzene rings is 1. The van der Waals surface area contributed by atoms with Crippen LogP contribution in [0.3, 0.4) is 0 Å². The van der Waals surface area contributed by atoms with Crippen LogP contribution in [0, 0.1) is 0 Å². The maximum Gasteiger partial charge on any atom is 0.337 e. The van der Waals surface area contributed by atoms with Crippen molar-refractivity contribution in [3.8, 4) is 0 Å². The van der Waals surface area contributed by atoms with Crippen molar-refractivity contribution in [1.82, 2.24) is 14.9 Å². The zero-order valence-corrected chi connectivity index (χ0v) is 12.8. The van der Waals surface area contributed by atoms with Gasteiger partial charge in [0, 0.05) is 6.04 Å². The highest BCUT2D eigenvalue weighted by Gasteiger charge is 2.28. The maximum atomic E-state index is 12.2. The Kier molecular flexibility index (Phi) is 3.94. The Labute approximate surface area is 128 Å². The van der Waals surface area contributed by atoms with Crippen molar-refractivity contribution in [1.29, 1.82) is 0 Å². The van der Waals surface area contributed by atoms with Crippen LogP contribution in [0.25, 0.3) is 10.9 Å². The van der Waals surface area contributed by atoms with Gasteiger partial charge in [-0.25, -0.2) is 9.78 Å². The molecule has 1 aromatic carbocycles. The van der Waals surface area contributed by atoms with Gasteiger partial charge in [-0.05, 0) is 37.6 Å². The number of esters is 1. The van der Waals surface area contributed by atoms with Crippen LogP contribution in [0.4, 0.5) is 0 Å². The molecule has 0 spiro atoms. The fourth-order valence-corrected chi connectivity index (χ4v) is 2.64. The SMILES string of the molecule is CCN(Cc1nc2cc(C(=O)OC)ccc2c(=O)[nH]1)C1CC1. The van der Waals surface area contributed by atoms with Crippen LogP contribution in [-0.2, 0) is 11.3 Å². The smallest absolute Gasteiger partial charge is 0.337 e. The van der Waals surface area contributed by atoms with E-state index in [1.165, 1.54) is 20.0 Å². The fraction of sp³-hybridized carbons (Fsp3) is 0.438. The van der Waals surface area contributed by atoms with Crippen LogP contribution in [0.5, 0.6) is 0 Å². The molecule has 1 N–H and O–H groups in total. The first-order valence-electron chi connectivity index (χ1n) is 7.47. The monoisotopic (exact) mass is 301 g/mol. The lowest BCUT2D eigenvalue weighted by atomic mass is 10.1. The number of carbonyl (C=O) groups excluding carboxylic acids is 1. The fourth-order valence-electron chi connectivity index (χ4n) is 2.64. The zero-order valence-electron chi connectivity index (χ0n) is 12.8. The molecule has 0 atom stereocenters. The molecular weight excluding hydrogens is 282 g/mol. The summed E-state index contributed by atoms with van der Waals surface area (Å²) >= 11 is 0. The molecule has 1 saturated carbocycles. The minimum Gasteiger partial charge on any atom is -0.465 e. The molecule has 116 valence electrons. The van der Waals surface area contributed by atoms with Gasteiger partial charge in [-0.3, -0.25) is 9.69 Å². The molecule has 6 heteroatoms. The highest BCUT2D eigenvalue weighted by Crippen LogP contribution is 2.27. The Morgan fingerprint density at radius 2 is 2.23 bits per heavy atom. The van der Waals surface area contributed by atoms with Crippen molar-refractivity contribution >= 4 is 16.9 Å². The van der Waals surface area contributed by atoms with E-state index in [-0.39, 0.29) is 5.56 Å². The summed E-state index contributed by atoms with van der Waals surface area (Å²) in [5.41, 5.74) is 0.741. The molecular formula is C16H19N3O3. The summed E-state index contributed by atoms with van der Waals surface area (Å²) in [6.45, 7) is 3.65. The standard InChI is InChI=1S/C16H19N3O3/c1-3-19(11-5-6-11)9-14-17-13-8-10(16(21)22-2)4-7-12(13)15(20)18-14/h4,7-8,11H,3,5-6,9H2,1-2H3,(H,17,18,20). The first-order valence-corrected chi connectivity index (χ1v) is 7.47. The second-order valence-electron chi connectivity index (χ2n) is 5.53. The Balaban J connectivity index is 1.97. The summed E-state index contributed by atoms with van der Waals surface area (Å²) in [6.07, 6.45) is 2.41. The quantitative estimate of drug-likeness (QED) is 0.851. The Bertz CT molecular complexity index is 765. The normalized spacial score (nSPS) is 14.5. The first-order chi connectivity index (χ1) is 10.6. The molecule has 0 radical (unpaired) electrons. The van der Waals surface area contributed by atoms with Gasteiger partial charge in [0.2, 0.25) is 0 Å². The molecule has 22 heavy (non-hydrogen) atoms. The average Bonchev–Trinajstić information content (AvgIpc) is 3.36. The molecule has 1 heterocycles. The maximum absolute atomic E-state index is 12.2. The van der Waals surface area contributed by atoms with E-state index in [4.69, 9.17) is 4.74 Å². The molecule has 0 amide bonds.